The number of carboxylic acids is 2. The van der Waals surface area contributed by atoms with Crippen molar-refractivity contribution in [2.45, 2.75) is 238 Å². The highest BCUT2D eigenvalue weighted by Gasteiger charge is 2.32. The number of unbranched alkanes of at least 4 members (excludes halogenated alkanes) is 30. The van der Waals surface area contributed by atoms with Crippen LogP contribution < -0.4 is 10.2 Å². The summed E-state index contributed by atoms with van der Waals surface area (Å²) in [6.07, 6.45) is 42.0. The second kappa shape index (κ2) is 40.0. The molecule has 0 fully saturated rings. The highest BCUT2D eigenvalue weighted by Crippen LogP contribution is 2.28. The van der Waals surface area contributed by atoms with E-state index in [4.69, 9.17) is 14.2 Å². The smallest absolute Gasteiger partial charge is 0.107 e. The molecule has 304 valence electrons. The minimum absolute atomic E-state index is 0.137. The molecule has 0 unspecified atom stereocenters. The highest BCUT2D eigenvalue weighted by atomic mass is 16.6. The number of carboxylic acid groups (broad SMARTS) is 2. The van der Waals surface area contributed by atoms with E-state index in [1.54, 1.807) is 0 Å². The number of rotatable bonds is 44. The zero-order valence-electron chi connectivity index (χ0n) is 33.9. The van der Waals surface area contributed by atoms with Gasteiger partial charge in [0.1, 0.15) is 5.60 Å². The summed E-state index contributed by atoms with van der Waals surface area (Å²) in [5.74, 6) is -2.37. The number of carbonyl (C=O) groups is 2. The van der Waals surface area contributed by atoms with Crippen LogP contribution in [0.3, 0.4) is 0 Å². The van der Waals surface area contributed by atoms with Gasteiger partial charge in [-0.25, -0.2) is 0 Å². The monoisotopic (exact) mass is 725 g/mol. The van der Waals surface area contributed by atoms with Crippen LogP contribution in [0, 0.1) is 0 Å². The first-order valence-corrected chi connectivity index (χ1v) is 22.2. The van der Waals surface area contributed by atoms with Crippen molar-refractivity contribution in [2.24, 2.45) is 0 Å². The molecule has 0 atom stereocenters. The lowest BCUT2D eigenvalue weighted by molar-refractivity contribution is -0.329. The Morgan fingerprint density at radius 3 is 0.961 bits per heavy atom. The Hall–Kier alpha value is -1.18. The quantitative estimate of drug-likeness (QED) is 0.0576. The molecule has 0 rings (SSSR count). The Labute approximate surface area is 316 Å². The van der Waals surface area contributed by atoms with Gasteiger partial charge in [-0.3, -0.25) is 0 Å². The molecule has 0 saturated heterocycles. The van der Waals surface area contributed by atoms with Crippen molar-refractivity contribution in [1.82, 2.24) is 0 Å². The van der Waals surface area contributed by atoms with Crippen molar-refractivity contribution in [1.29, 1.82) is 0 Å². The van der Waals surface area contributed by atoms with Crippen LogP contribution in [0.4, 0.5) is 0 Å². The molecule has 7 nitrogen and oxygen atoms in total. The summed E-state index contributed by atoms with van der Waals surface area (Å²) in [7, 11) is 0. The molecular weight excluding hydrogens is 640 g/mol. The van der Waals surface area contributed by atoms with Crippen LogP contribution in [-0.2, 0) is 23.8 Å². The number of ether oxygens (including phenoxy) is 3. The third-order valence-corrected chi connectivity index (χ3v) is 10.4. The maximum absolute atomic E-state index is 12.5. The zero-order valence-corrected chi connectivity index (χ0v) is 33.9. The van der Waals surface area contributed by atoms with E-state index in [1.165, 1.54) is 167 Å². The van der Waals surface area contributed by atoms with Gasteiger partial charge in [0.05, 0.1) is 45.0 Å². The third kappa shape index (κ3) is 35.6. The SMILES string of the molecule is CCCCCCCCCCCCCCCCCCC(CCCCCCCCCCCCCCCCCC)(OCCOCCOCC(=O)[O-])C(=O)[O-]. The molecule has 0 aromatic heterocycles. The van der Waals surface area contributed by atoms with E-state index in [-0.39, 0.29) is 26.4 Å². The van der Waals surface area contributed by atoms with Crippen molar-refractivity contribution < 1.29 is 34.0 Å². The molecule has 0 bridgehead atoms. The fraction of sp³-hybridized carbons (Fsp3) is 0.955. The number of hydrogen-bond acceptors (Lipinski definition) is 7. The second-order valence-electron chi connectivity index (χ2n) is 15.3. The molecule has 0 aromatic carbocycles. The topological polar surface area (TPSA) is 108 Å². The van der Waals surface area contributed by atoms with Crippen LogP contribution >= 0.6 is 0 Å². The van der Waals surface area contributed by atoms with Crippen LogP contribution in [0.15, 0.2) is 0 Å². The summed E-state index contributed by atoms with van der Waals surface area (Å²) in [6.45, 7) is 4.81. The summed E-state index contributed by atoms with van der Waals surface area (Å²) in [5, 5.41) is 23.0. The lowest BCUT2D eigenvalue weighted by Crippen LogP contribution is -2.51. The average Bonchev–Trinajstić information content (AvgIpc) is 3.11. The van der Waals surface area contributed by atoms with Crippen molar-refractivity contribution in [3.63, 3.8) is 0 Å². The maximum atomic E-state index is 12.5. The molecule has 0 radical (unpaired) electrons. The van der Waals surface area contributed by atoms with Gasteiger partial charge in [0.25, 0.3) is 0 Å². The lowest BCUT2D eigenvalue weighted by atomic mass is 9.89. The molecule has 7 heteroatoms. The first kappa shape index (κ1) is 49.8. The number of aliphatic carboxylic acids is 2. The van der Waals surface area contributed by atoms with E-state index in [1.807, 2.05) is 0 Å². The van der Waals surface area contributed by atoms with E-state index in [0.29, 0.717) is 12.8 Å². The van der Waals surface area contributed by atoms with Crippen molar-refractivity contribution in [3.8, 4) is 0 Å². The first-order chi connectivity index (χ1) is 25.0. The molecular formula is C44H84O7-2. The van der Waals surface area contributed by atoms with Gasteiger partial charge < -0.3 is 34.0 Å². The average molecular weight is 725 g/mol. The van der Waals surface area contributed by atoms with Crippen LogP contribution in [0.1, 0.15) is 232 Å². The fourth-order valence-corrected chi connectivity index (χ4v) is 7.12. The predicted molar refractivity (Wildman–Crippen MR) is 209 cm³/mol. The molecule has 0 aromatic rings. The third-order valence-electron chi connectivity index (χ3n) is 10.4. The van der Waals surface area contributed by atoms with Crippen molar-refractivity contribution >= 4 is 11.9 Å². The second-order valence-corrected chi connectivity index (χ2v) is 15.3. The number of hydrogen-bond donors (Lipinski definition) is 0. The van der Waals surface area contributed by atoms with Crippen LogP contribution in [-0.4, -0.2) is 50.6 Å². The summed E-state index contributed by atoms with van der Waals surface area (Å²) in [4.78, 5) is 23.0. The number of carbonyl (C=O) groups excluding carboxylic acids is 2. The molecule has 0 heterocycles. The Kier molecular flexibility index (Phi) is 39.1. The molecule has 51 heavy (non-hydrogen) atoms. The molecule has 0 amide bonds. The lowest BCUT2D eigenvalue weighted by Gasteiger charge is -2.35. The molecule has 0 aliphatic heterocycles. The normalized spacial score (nSPS) is 11.8. The first-order valence-electron chi connectivity index (χ1n) is 22.2. The van der Waals surface area contributed by atoms with Gasteiger partial charge in [-0.2, -0.15) is 0 Å². The van der Waals surface area contributed by atoms with Crippen LogP contribution in [0.5, 0.6) is 0 Å². The van der Waals surface area contributed by atoms with Gasteiger partial charge in [0, 0.05) is 0 Å². The highest BCUT2D eigenvalue weighted by molar-refractivity contribution is 5.75. The van der Waals surface area contributed by atoms with Crippen LogP contribution in [0.2, 0.25) is 0 Å². The molecule has 0 aliphatic rings. The summed E-state index contributed by atoms with van der Waals surface area (Å²) >= 11 is 0. The summed E-state index contributed by atoms with van der Waals surface area (Å²) in [5.41, 5.74) is -1.28. The Morgan fingerprint density at radius 1 is 0.392 bits per heavy atom. The standard InChI is InChI=1S/C44H86O7/c1-3-5-7-9-11-13-15-17-19-21-23-25-27-29-31-33-35-44(43(47)48,51-40-39-49-37-38-50-41-42(45)46)36-34-32-30-28-26-24-22-20-18-16-14-12-10-8-6-4-2/h3-41H2,1-2H3,(H,45,46)(H,47,48)/p-2. The van der Waals surface area contributed by atoms with E-state index < -0.39 is 24.1 Å². The van der Waals surface area contributed by atoms with Gasteiger partial charge in [0.15, 0.2) is 0 Å². The molecule has 0 aliphatic carbocycles. The van der Waals surface area contributed by atoms with E-state index >= 15 is 0 Å². The van der Waals surface area contributed by atoms with E-state index in [2.05, 4.69) is 13.8 Å². The minimum atomic E-state index is -1.28. The predicted octanol–water partition coefficient (Wildman–Crippen LogP) is 10.6. The van der Waals surface area contributed by atoms with Gasteiger partial charge in [-0.1, -0.05) is 219 Å². The van der Waals surface area contributed by atoms with Gasteiger partial charge >= 0.3 is 0 Å². The summed E-state index contributed by atoms with van der Waals surface area (Å²) < 4.78 is 16.5. The van der Waals surface area contributed by atoms with Gasteiger partial charge in [-0.15, -0.1) is 0 Å². The van der Waals surface area contributed by atoms with Crippen LogP contribution in [0.25, 0.3) is 0 Å². The van der Waals surface area contributed by atoms with Gasteiger partial charge in [0.2, 0.25) is 0 Å². The minimum Gasteiger partial charge on any atom is -0.548 e. The summed E-state index contributed by atoms with van der Waals surface area (Å²) in [6, 6.07) is 0. The zero-order chi connectivity index (χ0) is 37.4. The van der Waals surface area contributed by atoms with Crippen molar-refractivity contribution in [2.75, 3.05) is 33.0 Å². The van der Waals surface area contributed by atoms with Gasteiger partial charge in [-0.05, 0) is 12.8 Å². The largest absolute Gasteiger partial charge is 0.548 e. The fourth-order valence-electron chi connectivity index (χ4n) is 7.12. The van der Waals surface area contributed by atoms with E-state index in [0.717, 1.165) is 38.5 Å². The Balaban J connectivity index is 4.26. The van der Waals surface area contributed by atoms with E-state index in [9.17, 15) is 19.8 Å². The molecule has 0 spiro atoms. The maximum Gasteiger partial charge on any atom is 0.107 e. The Morgan fingerprint density at radius 2 is 0.667 bits per heavy atom. The van der Waals surface area contributed by atoms with Crippen molar-refractivity contribution in [3.05, 3.63) is 0 Å². The molecule has 0 N–H and O–H groups in total. The molecule has 0 saturated carbocycles. The Bertz CT molecular complexity index is 692.